The Morgan fingerprint density at radius 2 is 1.86 bits per heavy atom. The summed E-state index contributed by atoms with van der Waals surface area (Å²) in [6, 6.07) is 5.86. The number of aromatic nitrogens is 3. The molecule has 0 bridgehead atoms. The molecule has 3 aromatic rings. The van der Waals surface area contributed by atoms with Gasteiger partial charge in [0.25, 0.3) is 0 Å². The van der Waals surface area contributed by atoms with E-state index in [-0.39, 0.29) is 18.4 Å². The van der Waals surface area contributed by atoms with E-state index in [1.54, 1.807) is 0 Å². The summed E-state index contributed by atoms with van der Waals surface area (Å²) in [6.45, 7) is 0. The van der Waals surface area contributed by atoms with Crippen molar-refractivity contribution in [2.45, 2.75) is 24.6 Å². The molecular formula is C18H15F3N4O4. The van der Waals surface area contributed by atoms with E-state index in [1.165, 1.54) is 18.2 Å². The number of carbonyl (C=O) groups is 2. The van der Waals surface area contributed by atoms with Crippen LogP contribution in [0.3, 0.4) is 0 Å². The molecule has 0 fully saturated rings. The van der Waals surface area contributed by atoms with Gasteiger partial charge in [0.05, 0.1) is 5.56 Å². The lowest BCUT2D eigenvalue weighted by Gasteiger charge is -2.21. The van der Waals surface area contributed by atoms with E-state index >= 15 is 0 Å². The van der Waals surface area contributed by atoms with Gasteiger partial charge >= 0.3 is 12.1 Å². The summed E-state index contributed by atoms with van der Waals surface area (Å²) in [6.07, 6.45) is -2.77. The molecule has 0 saturated carbocycles. The van der Waals surface area contributed by atoms with Gasteiger partial charge in [-0.05, 0) is 36.6 Å². The maximum absolute atomic E-state index is 12.7. The van der Waals surface area contributed by atoms with Crippen molar-refractivity contribution >= 4 is 17.9 Å². The number of halogens is 3. The number of aromatic hydroxyl groups is 1. The molecule has 4 N–H and O–H groups in total. The molecule has 0 aliphatic heterocycles. The summed E-state index contributed by atoms with van der Waals surface area (Å²) in [4.78, 5) is 26.8. The van der Waals surface area contributed by atoms with E-state index in [0.717, 1.165) is 23.0 Å². The normalized spacial score (nSPS) is 13.9. The van der Waals surface area contributed by atoms with Gasteiger partial charge in [-0.3, -0.25) is 0 Å². The summed E-state index contributed by atoms with van der Waals surface area (Å²) in [5.41, 5.74) is 3.12. The smallest absolute Gasteiger partial charge is 0.416 e. The van der Waals surface area contributed by atoms with Crippen LogP contribution >= 0.6 is 0 Å². The fourth-order valence-corrected chi connectivity index (χ4v) is 2.95. The van der Waals surface area contributed by atoms with Crippen molar-refractivity contribution in [3.8, 4) is 5.75 Å². The highest BCUT2D eigenvalue weighted by Gasteiger charge is 2.41. The van der Waals surface area contributed by atoms with Crippen molar-refractivity contribution in [1.82, 2.24) is 14.6 Å². The molecule has 0 spiro atoms. The average Bonchev–Trinajstić information content (AvgIpc) is 3.14. The van der Waals surface area contributed by atoms with Crippen LogP contribution in [0, 0.1) is 0 Å². The second-order valence-corrected chi connectivity index (χ2v) is 6.39. The van der Waals surface area contributed by atoms with Crippen LogP contribution in [0.15, 0.2) is 36.7 Å². The van der Waals surface area contributed by atoms with Crippen molar-refractivity contribution < 1.29 is 33.0 Å². The summed E-state index contributed by atoms with van der Waals surface area (Å²) >= 11 is 0. The molecule has 2 heterocycles. The molecule has 2 aromatic heterocycles. The summed E-state index contributed by atoms with van der Waals surface area (Å²) in [5, 5.41) is 23.5. The quantitative estimate of drug-likeness (QED) is 0.418. The first-order valence-corrected chi connectivity index (χ1v) is 8.27. The monoisotopic (exact) mass is 408 g/mol. The van der Waals surface area contributed by atoms with Gasteiger partial charge in [0.2, 0.25) is 5.54 Å². The molecule has 1 atom stereocenters. The first-order valence-electron chi connectivity index (χ1n) is 8.27. The number of carbonyl (C=O) groups excluding carboxylic acids is 1. The Labute approximate surface area is 161 Å². The fourth-order valence-electron chi connectivity index (χ4n) is 2.95. The van der Waals surface area contributed by atoms with E-state index in [4.69, 9.17) is 5.73 Å². The predicted molar refractivity (Wildman–Crippen MR) is 93.1 cm³/mol. The number of aryl methyl sites for hydroxylation is 2. The molecule has 3 rings (SSSR count). The van der Waals surface area contributed by atoms with Gasteiger partial charge in [0, 0.05) is 5.56 Å². The van der Waals surface area contributed by atoms with Crippen LogP contribution in [0.25, 0.3) is 5.65 Å². The van der Waals surface area contributed by atoms with Crippen molar-refractivity contribution in [1.29, 1.82) is 0 Å². The molecule has 1 aromatic carbocycles. The van der Waals surface area contributed by atoms with Crippen molar-refractivity contribution in [3.63, 3.8) is 0 Å². The highest BCUT2D eigenvalue weighted by Crippen LogP contribution is 2.31. The van der Waals surface area contributed by atoms with Crippen molar-refractivity contribution in [2.24, 2.45) is 5.73 Å². The maximum Gasteiger partial charge on any atom is 0.416 e. The number of hydrogen-bond donors (Lipinski definition) is 3. The van der Waals surface area contributed by atoms with E-state index in [1.807, 2.05) is 0 Å². The largest absolute Gasteiger partial charge is 0.506 e. The number of hydrogen-bond acceptors (Lipinski definition) is 6. The number of aldehydes is 1. The number of pyridine rings is 1. The topological polar surface area (TPSA) is 131 Å². The number of aliphatic carboxylic acids is 1. The lowest BCUT2D eigenvalue weighted by atomic mass is 9.95. The second kappa shape index (κ2) is 7.17. The van der Waals surface area contributed by atoms with Gasteiger partial charge in [-0.1, -0.05) is 12.1 Å². The Hall–Kier alpha value is -3.47. The Kier molecular flexibility index (Phi) is 5.01. The van der Waals surface area contributed by atoms with Crippen molar-refractivity contribution in [3.05, 3.63) is 59.0 Å². The van der Waals surface area contributed by atoms with Crippen LogP contribution < -0.4 is 5.73 Å². The fraction of sp³-hybridized carbons (Fsp3) is 0.222. The van der Waals surface area contributed by atoms with Crippen LogP contribution in [-0.2, 0) is 34.1 Å². The van der Waals surface area contributed by atoms with Crippen LogP contribution in [0.2, 0.25) is 0 Å². The summed E-state index contributed by atoms with van der Waals surface area (Å²) < 4.78 is 38.9. The Morgan fingerprint density at radius 1 is 1.21 bits per heavy atom. The minimum Gasteiger partial charge on any atom is -0.506 e. The molecule has 11 heteroatoms. The van der Waals surface area contributed by atoms with Crippen LogP contribution in [-0.4, -0.2) is 37.1 Å². The third-order valence-electron chi connectivity index (χ3n) is 4.50. The van der Waals surface area contributed by atoms with E-state index in [0.29, 0.717) is 17.5 Å². The second-order valence-electron chi connectivity index (χ2n) is 6.39. The lowest BCUT2D eigenvalue weighted by Crippen LogP contribution is -2.48. The number of nitrogens with zero attached hydrogens (tertiary/aromatic N) is 3. The molecule has 152 valence electrons. The summed E-state index contributed by atoms with van der Waals surface area (Å²) in [5.74, 6) is -2.25. The molecule has 1 unspecified atom stereocenters. The highest BCUT2D eigenvalue weighted by molar-refractivity contribution is 5.98. The van der Waals surface area contributed by atoms with Gasteiger partial charge in [0.1, 0.15) is 17.8 Å². The first-order chi connectivity index (χ1) is 13.6. The predicted octanol–water partition coefficient (Wildman–Crippen LogP) is 1.68. The Balaban J connectivity index is 1.94. The molecule has 0 aliphatic carbocycles. The van der Waals surface area contributed by atoms with Gasteiger partial charge in [-0.2, -0.15) is 18.3 Å². The number of alkyl halides is 3. The first kappa shape index (κ1) is 20.3. The van der Waals surface area contributed by atoms with Gasteiger partial charge < -0.3 is 20.7 Å². The zero-order valence-electron chi connectivity index (χ0n) is 14.7. The Morgan fingerprint density at radius 3 is 2.41 bits per heavy atom. The average molecular weight is 408 g/mol. The number of carboxylic acids is 1. The van der Waals surface area contributed by atoms with Gasteiger partial charge in [-0.25, -0.2) is 14.3 Å². The third kappa shape index (κ3) is 3.63. The third-order valence-corrected chi connectivity index (χ3v) is 4.50. The standard InChI is InChI=1S/C18H15F3N4O4/c19-18(20,21)12-5-2-10(3-6-12)1-4-11-7-13(27)14(17(22,8-26)16(28)29)25-15(11)23-9-24-25/h2-3,5-9,27H,1,4,22H2,(H,28,29). The van der Waals surface area contributed by atoms with E-state index in [2.05, 4.69) is 10.1 Å². The lowest BCUT2D eigenvalue weighted by molar-refractivity contribution is -0.146. The number of rotatable bonds is 6. The molecule has 29 heavy (non-hydrogen) atoms. The SMILES string of the molecule is NC(C=O)(C(=O)O)c1c(O)cc(CCc2ccc(C(F)(F)F)cc2)c2ncnn12. The van der Waals surface area contributed by atoms with Crippen molar-refractivity contribution in [2.75, 3.05) is 0 Å². The number of nitrogens with two attached hydrogens (primary N) is 1. The maximum atomic E-state index is 12.7. The van der Waals surface area contributed by atoms with Crippen LogP contribution in [0.1, 0.15) is 22.4 Å². The molecular weight excluding hydrogens is 393 g/mol. The molecule has 0 saturated heterocycles. The van der Waals surface area contributed by atoms with E-state index in [9.17, 15) is 33.0 Å². The summed E-state index contributed by atoms with van der Waals surface area (Å²) in [7, 11) is 0. The minimum atomic E-state index is -4.43. The van der Waals surface area contributed by atoms with Crippen LogP contribution in [0.4, 0.5) is 13.2 Å². The van der Waals surface area contributed by atoms with Gasteiger partial charge in [-0.15, -0.1) is 0 Å². The molecule has 8 nitrogen and oxygen atoms in total. The molecule has 0 radical (unpaired) electrons. The zero-order valence-corrected chi connectivity index (χ0v) is 14.7. The molecule has 0 aliphatic rings. The van der Waals surface area contributed by atoms with Crippen LogP contribution in [0.5, 0.6) is 5.75 Å². The minimum absolute atomic E-state index is 0.0205. The number of benzene rings is 1. The number of carboxylic acid groups (broad SMARTS) is 1. The Bertz CT molecular complexity index is 1080. The van der Waals surface area contributed by atoms with Gasteiger partial charge in [0.15, 0.2) is 11.9 Å². The number of fused-ring (bicyclic) bond motifs is 1. The molecule has 0 amide bonds. The van der Waals surface area contributed by atoms with E-state index < -0.39 is 34.7 Å². The zero-order chi connectivity index (χ0) is 21.4. The highest BCUT2D eigenvalue weighted by atomic mass is 19.4.